The Balaban J connectivity index is 2.70. The fourth-order valence-electron chi connectivity index (χ4n) is 2.65. The summed E-state index contributed by atoms with van der Waals surface area (Å²) in [6.45, 7) is 3.41. The van der Waals surface area contributed by atoms with Crippen LogP contribution in [0.1, 0.15) is 46.0 Å². The highest BCUT2D eigenvalue weighted by atomic mass is 16.4. The van der Waals surface area contributed by atoms with Crippen LogP contribution < -0.4 is 11.1 Å². The van der Waals surface area contributed by atoms with Gasteiger partial charge in [0.1, 0.15) is 0 Å². The van der Waals surface area contributed by atoms with Crippen molar-refractivity contribution in [3.05, 3.63) is 0 Å². The molecule has 0 bridgehead atoms. The Morgan fingerprint density at radius 3 is 2.21 bits per heavy atom. The third kappa shape index (κ3) is 4.54. The van der Waals surface area contributed by atoms with Gasteiger partial charge in [0, 0.05) is 12.0 Å². The van der Waals surface area contributed by atoms with Crippen molar-refractivity contribution in [1.29, 1.82) is 0 Å². The van der Waals surface area contributed by atoms with Crippen molar-refractivity contribution >= 4 is 17.8 Å². The maximum Gasteiger partial charge on any atom is 0.307 e. The van der Waals surface area contributed by atoms with E-state index in [9.17, 15) is 14.4 Å². The third-order valence-corrected chi connectivity index (χ3v) is 3.50. The molecule has 0 heterocycles. The van der Waals surface area contributed by atoms with Crippen molar-refractivity contribution in [2.75, 3.05) is 0 Å². The van der Waals surface area contributed by atoms with E-state index in [1.165, 1.54) is 0 Å². The molecule has 6 nitrogen and oxygen atoms in total. The summed E-state index contributed by atoms with van der Waals surface area (Å²) < 4.78 is 0. The summed E-state index contributed by atoms with van der Waals surface area (Å²) in [6, 6.07) is 0. The van der Waals surface area contributed by atoms with Crippen LogP contribution in [-0.4, -0.2) is 28.4 Å². The van der Waals surface area contributed by atoms with E-state index in [1.54, 1.807) is 13.8 Å². The highest BCUT2D eigenvalue weighted by Crippen LogP contribution is 2.31. The van der Waals surface area contributed by atoms with Crippen LogP contribution in [0.2, 0.25) is 0 Å². The summed E-state index contributed by atoms with van der Waals surface area (Å²) in [5, 5.41) is 11.9. The van der Waals surface area contributed by atoms with Gasteiger partial charge in [0.05, 0.1) is 11.8 Å². The van der Waals surface area contributed by atoms with Crippen LogP contribution in [0.5, 0.6) is 0 Å². The number of carboxylic acids is 1. The number of nitrogens with one attached hydrogen (secondary N) is 1. The molecule has 2 amide bonds. The van der Waals surface area contributed by atoms with Crippen LogP contribution in [0.25, 0.3) is 0 Å². The van der Waals surface area contributed by atoms with Crippen molar-refractivity contribution in [1.82, 2.24) is 5.32 Å². The summed E-state index contributed by atoms with van der Waals surface area (Å²) in [5.74, 6) is -2.86. The van der Waals surface area contributed by atoms with Gasteiger partial charge >= 0.3 is 5.97 Å². The molecule has 6 heteroatoms. The Labute approximate surface area is 112 Å². The molecule has 1 aliphatic rings. The van der Waals surface area contributed by atoms with Gasteiger partial charge in [0.2, 0.25) is 11.8 Å². The Bertz CT molecular complexity index is 379. The van der Waals surface area contributed by atoms with Gasteiger partial charge in [-0.3, -0.25) is 14.4 Å². The molecule has 19 heavy (non-hydrogen) atoms. The molecule has 108 valence electrons. The van der Waals surface area contributed by atoms with E-state index in [1.807, 2.05) is 0 Å². The molecule has 2 unspecified atom stereocenters. The van der Waals surface area contributed by atoms with E-state index in [4.69, 9.17) is 10.8 Å². The molecule has 0 spiro atoms. The molecule has 0 saturated heterocycles. The molecule has 1 fully saturated rings. The lowest BCUT2D eigenvalue weighted by Crippen LogP contribution is -2.50. The van der Waals surface area contributed by atoms with E-state index in [0.717, 1.165) is 12.8 Å². The molecule has 0 aromatic carbocycles. The SMILES string of the molecule is CC(C)(CC(N)=O)NC(=O)C1CCCCC1C(=O)O. The van der Waals surface area contributed by atoms with E-state index < -0.39 is 29.3 Å². The zero-order valence-corrected chi connectivity index (χ0v) is 11.4. The number of carbonyl (C=O) groups is 3. The summed E-state index contributed by atoms with van der Waals surface area (Å²) >= 11 is 0. The second-order valence-corrected chi connectivity index (χ2v) is 5.85. The number of amides is 2. The van der Waals surface area contributed by atoms with Gasteiger partial charge in [-0.1, -0.05) is 12.8 Å². The first-order valence-electron chi connectivity index (χ1n) is 6.56. The number of carbonyl (C=O) groups excluding carboxylic acids is 2. The zero-order valence-electron chi connectivity index (χ0n) is 11.4. The second-order valence-electron chi connectivity index (χ2n) is 5.85. The molecule has 2 atom stereocenters. The summed E-state index contributed by atoms with van der Waals surface area (Å²) in [4.78, 5) is 34.3. The van der Waals surface area contributed by atoms with Crippen LogP contribution in [0.4, 0.5) is 0 Å². The van der Waals surface area contributed by atoms with Crippen molar-refractivity contribution < 1.29 is 19.5 Å². The van der Waals surface area contributed by atoms with Crippen LogP contribution in [0.3, 0.4) is 0 Å². The number of rotatable bonds is 5. The third-order valence-electron chi connectivity index (χ3n) is 3.50. The van der Waals surface area contributed by atoms with Gasteiger partial charge in [-0.15, -0.1) is 0 Å². The Kier molecular flexibility index (Phi) is 4.91. The molecule has 1 rings (SSSR count). The maximum absolute atomic E-state index is 12.2. The minimum absolute atomic E-state index is 0.0310. The average Bonchev–Trinajstić information content (AvgIpc) is 2.26. The first-order chi connectivity index (χ1) is 8.73. The monoisotopic (exact) mass is 270 g/mol. The number of primary amides is 1. The molecule has 0 aliphatic heterocycles. The van der Waals surface area contributed by atoms with E-state index in [-0.39, 0.29) is 12.3 Å². The number of aliphatic carboxylic acids is 1. The summed E-state index contributed by atoms with van der Waals surface area (Å²) in [5.41, 5.74) is 4.38. The Morgan fingerprint density at radius 1 is 1.21 bits per heavy atom. The van der Waals surface area contributed by atoms with Crippen LogP contribution in [-0.2, 0) is 14.4 Å². The first kappa shape index (κ1) is 15.5. The van der Waals surface area contributed by atoms with Gasteiger partial charge < -0.3 is 16.2 Å². The normalized spacial score (nSPS) is 23.7. The molecule has 0 aromatic heterocycles. The lowest BCUT2D eigenvalue weighted by molar-refractivity contribution is -0.149. The van der Waals surface area contributed by atoms with Crippen molar-refractivity contribution in [2.45, 2.75) is 51.5 Å². The number of carboxylic acid groups (broad SMARTS) is 1. The van der Waals surface area contributed by atoms with Gasteiger partial charge in [0.25, 0.3) is 0 Å². The highest BCUT2D eigenvalue weighted by Gasteiger charge is 2.37. The van der Waals surface area contributed by atoms with Crippen molar-refractivity contribution in [3.8, 4) is 0 Å². The standard InChI is InChI=1S/C13H22N2O4/c1-13(2,7-10(14)16)15-11(17)8-5-3-4-6-9(8)12(18)19/h8-9H,3-7H2,1-2H3,(H2,14,16)(H,15,17)(H,18,19). The minimum Gasteiger partial charge on any atom is -0.481 e. The quantitative estimate of drug-likeness (QED) is 0.681. The van der Waals surface area contributed by atoms with Gasteiger partial charge in [-0.2, -0.15) is 0 Å². The second kappa shape index (κ2) is 6.04. The van der Waals surface area contributed by atoms with Crippen molar-refractivity contribution in [3.63, 3.8) is 0 Å². The van der Waals surface area contributed by atoms with E-state index >= 15 is 0 Å². The van der Waals surface area contributed by atoms with Crippen LogP contribution >= 0.6 is 0 Å². The number of nitrogens with two attached hydrogens (primary N) is 1. The van der Waals surface area contributed by atoms with E-state index in [2.05, 4.69) is 5.32 Å². The van der Waals surface area contributed by atoms with Gasteiger partial charge in [0.15, 0.2) is 0 Å². The Hall–Kier alpha value is -1.59. The topological polar surface area (TPSA) is 109 Å². The summed E-state index contributed by atoms with van der Waals surface area (Å²) in [6.07, 6.45) is 2.84. The number of hydrogen-bond donors (Lipinski definition) is 3. The fraction of sp³-hybridized carbons (Fsp3) is 0.769. The zero-order chi connectivity index (χ0) is 14.6. The van der Waals surface area contributed by atoms with Crippen LogP contribution in [0, 0.1) is 11.8 Å². The number of hydrogen-bond acceptors (Lipinski definition) is 3. The molecule has 4 N–H and O–H groups in total. The fourth-order valence-corrected chi connectivity index (χ4v) is 2.65. The Morgan fingerprint density at radius 2 is 1.74 bits per heavy atom. The first-order valence-corrected chi connectivity index (χ1v) is 6.56. The molecular formula is C13H22N2O4. The lowest BCUT2D eigenvalue weighted by atomic mass is 9.78. The predicted molar refractivity (Wildman–Crippen MR) is 69.1 cm³/mol. The molecule has 0 aromatic rings. The van der Waals surface area contributed by atoms with Crippen LogP contribution in [0.15, 0.2) is 0 Å². The highest BCUT2D eigenvalue weighted by molar-refractivity contribution is 5.86. The minimum atomic E-state index is -0.924. The lowest BCUT2D eigenvalue weighted by Gasteiger charge is -2.32. The maximum atomic E-state index is 12.2. The predicted octanol–water partition coefficient (Wildman–Crippen LogP) is 0.648. The molecule has 1 saturated carbocycles. The molecule has 0 radical (unpaired) electrons. The molecule has 1 aliphatic carbocycles. The smallest absolute Gasteiger partial charge is 0.307 e. The largest absolute Gasteiger partial charge is 0.481 e. The van der Waals surface area contributed by atoms with E-state index in [0.29, 0.717) is 12.8 Å². The van der Waals surface area contributed by atoms with Gasteiger partial charge in [-0.05, 0) is 26.7 Å². The average molecular weight is 270 g/mol. The van der Waals surface area contributed by atoms with Gasteiger partial charge in [-0.25, -0.2) is 0 Å². The summed E-state index contributed by atoms with van der Waals surface area (Å²) in [7, 11) is 0. The van der Waals surface area contributed by atoms with Crippen molar-refractivity contribution in [2.24, 2.45) is 17.6 Å². The molecular weight excluding hydrogens is 248 g/mol.